The number of aliphatic hydroxyl groups is 1. The van der Waals surface area contributed by atoms with Gasteiger partial charge in [-0.25, -0.2) is 0 Å². The summed E-state index contributed by atoms with van der Waals surface area (Å²) in [5.41, 5.74) is 7.63. The lowest BCUT2D eigenvalue weighted by Gasteiger charge is -2.13. The monoisotopic (exact) mass is 289 g/mol. The van der Waals surface area contributed by atoms with Crippen LogP contribution in [0.1, 0.15) is 5.56 Å². The number of nitrogens with two attached hydrogens (primary N) is 1. The van der Waals surface area contributed by atoms with Crippen molar-refractivity contribution in [2.75, 3.05) is 18.1 Å². The third kappa shape index (κ3) is 4.79. The molecule has 3 nitrogen and oxygen atoms in total. The summed E-state index contributed by atoms with van der Waals surface area (Å²) < 4.78 is 5.51. The molecule has 20 heavy (non-hydrogen) atoms. The summed E-state index contributed by atoms with van der Waals surface area (Å²) in [5.74, 6) is 2.16. The second kappa shape index (κ2) is 7.82. The molecule has 1 atom stereocenters. The van der Waals surface area contributed by atoms with Crippen LogP contribution < -0.4 is 10.5 Å². The predicted molar refractivity (Wildman–Crippen MR) is 85.0 cm³/mol. The fourth-order valence-electron chi connectivity index (χ4n) is 1.73. The topological polar surface area (TPSA) is 55.5 Å². The Balaban J connectivity index is 1.68. The van der Waals surface area contributed by atoms with Crippen LogP contribution >= 0.6 is 11.8 Å². The number of anilines is 1. The quantitative estimate of drug-likeness (QED) is 0.770. The van der Waals surface area contributed by atoms with Gasteiger partial charge in [-0.05, 0) is 17.7 Å². The molecular weight excluding hydrogens is 270 g/mol. The van der Waals surface area contributed by atoms with Gasteiger partial charge in [0.05, 0.1) is 11.8 Å². The second-order valence-electron chi connectivity index (χ2n) is 4.50. The number of hydrogen-bond acceptors (Lipinski definition) is 4. The van der Waals surface area contributed by atoms with Crippen LogP contribution in [-0.4, -0.2) is 23.6 Å². The summed E-state index contributed by atoms with van der Waals surface area (Å²) in [6.07, 6.45) is -0.497. The molecule has 2 aromatic carbocycles. The number of para-hydroxylation sites is 2. The van der Waals surface area contributed by atoms with Crippen molar-refractivity contribution >= 4 is 17.4 Å². The molecule has 0 spiro atoms. The van der Waals surface area contributed by atoms with Gasteiger partial charge in [0.2, 0.25) is 0 Å². The lowest BCUT2D eigenvalue weighted by atomic mass is 10.2. The molecule has 2 rings (SSSR count). The van der Waals surface area contributed by atoms with E-state index in [2.05, 4.69) is 12.1 Å². The van der Waals surface area contributed by atoms with Gasteiger partial charge in [0, 0.05) is 11.5 Å². The number of rotatable bonds is 7. The average Bonchev–Trinajstić information content (AvgIpc) is 2.47. The van der Waals surface area contributed by atoms with Gasteiger partial charge < -0.3 is 15.6 Å². The normalized spacial score (nSPS) is 12.1. The highest BCUT2D eigenvalue weighted by Crippen LogP contribution is 2.20. The van der Waals surface area contributed by atoms with Gasteiger partial charge in [-0.15, -0.1) is 0 Å². The van der Waals surface area contributed by atoms with Gasteiger partial charge >= 0.3 is 0 Å². The molecule has 2 aromatic rings. The summed E-state index contributed by atoms with van der Waals surface area (Å²) in [7, 11) is 0. The molecule has 0 radical (unpaired) electrons. The zero-order valence-electron chi connectivity index (χ0n) is 11.2. The number of aliphatic hydroxyl groups excluding tert-OH is 1. The van der Waals surface area contributed by atoms with Crippen LogP contribution in [-0.2, 0) is 5.75 Å². The van der Waals surface area contributed by atoms with Crippen molar-refractivity contribution in [3.63, 3.8) is 0 Å². The maximum absolute atomic E-state index is 9.89. The van der Waals surface area contributed by atoms with Crippen LogP contribution in [0.4, 0.5) is 5.69 Å². The number of benzene rings is 2. The fourth-order valence-corrected chi connectivity index (χ4v) is 2.65. The maximum Gasteiger partial charge on any atom is 0.142 e. The van der Waals surface area contributed by atoms with E-state index in [0.717, 1.165) is 5.75 Å². The van der Waals surface area contributed by atoms with E-state index >= 15 is 0 Å². The first-order valence-electron chi connectivity index (χ1n) is 6.53. The van der Waals surface area contributed by atoms with E-state index < -0.39 is 6.10 Å². The molecule has 0 aliphatic carbocycles. The zero-order valence-corrected chi connectivity index (χ0v) is 12.1. The molecule has 4 heteroatoms. The Kier molecular flexibility index (Phi) is 5.77. The zero-order chi connectivity index (χ0) is 14.2. The molecule has 0 bridgehead atoms. The number of hydrogen-bond donors (Lipinski definition) is 2. The van der Waals surface area contributed by atoms with Crippen molar-refractivity contribution in [2.45, 2.75) is 11.9 Å². The Bertz CT molecular complexity index is 519. The van der Waals surface area contributed by atoms with E-state index in [0.29, 0.717) is 17.2 Å². The second-order valence-corrected chi connectivity index (χ2v) is 5.53. The van der Waals surface area contributed by atoms with Crippen molar-refractivity contribution in [3.05, 3.63) is 60.2 Å². The van der Waals surface area contributed by atoms with Crippen molar-refractivity contribution in [2.24, 2.45) is 0 Å². The van der Waals surface area contributed by atoms with Gasteiger partial charge in [-0.2, -0.15) is 11.8 Å². The molecule has 0 heterocycles. The van der Waals surface area contributed by atoms with Gasteiger partial charge in [0.25, 0.3) is 0 Å². The Morgan fingerprint density at radius 3 is 2.50 bits per heavy atom. The SMILES string of the molecule is Nc1ccccc1OCC(O)CSCc1ccccc1. The highest BCUT2D eigenvalue weighted by atomic mass is 32.2. The summed E-state index contributed by atoms with van der Waals surface area (Å²) in [6.45, 7) is 0.260. The predicted octanol–water partition coefficient (Wildman–Crippen LogP) is 2.94. The highest BCUT2D eigenvalue weighted by Gasteiger charge is 2.07. The third-order valence-corrected chi connectivity index (χ3v) is 3.93. The summed E-state index contributed by atoms with van der Waals surface area (Å²) in [4.78, 5) is 0. The lowest BCUT2D eigenvalue weighted by Crippen LogP contribution is -2.20. The minimum atomic E-state index is -0.497. The molecular formula is C16H19NO2S. The first kappa shape index (κ1) is 14.8. The first-order valence-corrected chi connectivity index (χ1v) is 7.68. The number of ether oxygens (including phenoxy) is 1. The average molecular weight is 289 g/mol. The van der Waals surface area contributed by atoms with Gasteiger partial charge in [-0.1, -0.05) is 42.5 Å². The maximum atomic E-state index is 9.89. The van der Waals surface area contributed by atoms with E-state index in [1.807, 2.05) is 30.3 Å². The van der Waals surface area contributed by atoms with Crippen molar-refractivity contribution in [1.29, 1.82) is 0 Å². The smallest absolute Gasteiger partial charge is 0.142 e. The Morgan fingerprint density at radius 2 is 1.75 bits per heavy atom. The molecule has 1 unspecified atom stereocenters. The minimum absolute atomic E-state index is 0.260. The van der Waals surface area contributed by atoms with Crippen LogP contribution in [0.2, 0.25) is 0 Å². The fraction of sp³-hybridized carbons (Fsp3) is 0.250. The molecule has 0 saturated carbocycles. The van der Waals surface area contributed by atoms with Crippen LogP contribution in [0.25, 0.3) is 0 Å². The van der Waals surface area contributed by atoms with E-state index in [1.54, 1.807) is 23.9 Å². The van der Waals surface area contributed by atoms with Crippen LogP contribution in [0, 0.1) is 0 Å². The molecule has 0 aromatic heterocycles. The van der Waals surface area contributed by atoms with E-state index in [-0.39, 0.29) is 6.61 Å². The molecule has 0 saturated heterocycles. The summed E-state index contributed by atoms with van der Waals surface area (Å²) >= 11 is 1.69. The van der Waals surface area contributed by atoms with Crippen molar-refractivity contribution < 1.29 is 9.84 Å². The number of thioether (sulfide) groups is 1. The summed E-state index contributed by atoms with van der Waals surface area (Å²) in [5, 5.41) is 9.89. The van der Waals surface area contributed by atoms with Gasteiger partial charge in [0.1, 0.15) is 12.4 Å². The van der Waals surface area contributed by atoms with Crippen LogP contribution in [0.3, 0.4) is 0 Å². The Morgan fingerprint density at radius 1 is 1.05 bits per heavy atom. The van der Waals surface area contributed by atoms with E-state index in [9.17, 15) is 5.11 Å². The van der Waals surface area contributed by atoms with Crippen molar-refractivity contribution in [3.8, 4) is 5.75 Å². The van der Waals surface area contributed by atoms with Gasteiger partial charge in [-0.3, -0.25) is 0 Å². The number of nitrogen functional groups attached to an aromatic ring is 1. The third-order valence-electron chi connectivity index (χ3n) is 2.77. The highest BCUT2D eigenvalue weighted by molar-refractivity contribution is 7.98. The molecule has 106 valence electrons. The van der Waals surface area contributed by atoms with Gasteiger partial charge in [0.15, 0.2) is 0 Å². The summed E-state index contributed by atoms with van der Waals surface area (Å²) in [6, 6.07) is 17.5. The minimum Gasteiger partial charge on any atom is -0.489 e. The molecule has 0 aliphatic rings. The standard InChI is InChI=1S/C16H19NO2S/c17-15-8-4-5-9-16(15)19-10-14(18)12-20-11-13-6-2-1-3-7-13/h1-9,14,18H,10-12,17H2. The molecule has 3 N–H and O–H groups in total. The Labute approximate surface area is 123 Å². The molecule has 0 fully saturated rings. The van der Waals surface area contributed by atoms with Crippen LogP contribution in [0.15, 0.2) is 54.6 Å². The lowest BCUT2D eigenvalue weighted by molar-refractivity contribution is 0.127. The molecule has 0 amide bonds. The van der Waals surface area contributed by atoms with E-state index in [4.69, 9.17) is 10.5 Å². The first-order chi connectivity index (χ1) is 9.75. The van der Waals surface area contributed by atoms with Crippen molar-refractivity contribution in [1.82, 2.24) is 0 Å². The van der Waals surface area contributed by atoms with E-state index in [1.165, 1.54) is 5.56 Å². The molecule has 0 aliphatic heterocycles. The Hall–Kier alpha value is -1.65. The largest absolute Gasteiger partial charge is 0.489 e. The van der Waals surface area contributed by atoms with Crippen LogP contribution in [0.5, 0.6) is 5.75 Å².